The average Bonchev–Trinajstić information content (AvgIpc) is 0.722. The Labute approximate surface area is 48.1 Å². The van der Waals surface area contributed by atoms with Gasteiger partial charge in [-0.3, -0.25) is 0 Å². The van der Waals surface area contributed by atoms with Crippen LogP contribution < -0.4 is 14.7 Å². The minimum Gasteiger partial charge on any atom is -0.822 e. The predicted octanol–water partition coefficient (Wildman–Crippen LogP) is -2.83. The fourth-order valence-corrected chi connectivity index (χ4v) is 0. The summed E-state index contributed by atoms with van der Waals surface area (Å²) in [6, 6.07) is 0. The molecule has 0 bridgehead atoms. The number of phosphoric acid groups is 1. The molecule has 0 radical (unpaired) electrons. The van der Waals surface area contributed by atoms with Crippen molar-refractivity contribution in [1.29, 1.82) is 0 Å². The SMILES string of the molecule is O=P([O-])([O-])[O-].[Re+3]. The van der Waals surface area contributed by atoms with E-state index in [9.17, 15) is 0 Å². The molecular formula is O4PRe. The van der Waals surface area contributed by atoms with Crippen molar-refractivity contribution < 1.29 is 39.7 Å². The van der Waals surface area contributed by atoms with Gasteiger partial charge in [-0.15, -0.1) is 0 Å². The molecule has 4 nitrogen and oxygen atoms in total. The minimum absolute atomic E-state index is 0. The second-order valence-electron chi connectivity index (χ2n) is 0.447. The molecule has 0 saturated carbocycles. The van der Waals surface area contributed by atoms with E-state index in [2.05, 4.69) is 0 Å². The van der Waals surface area contributed by atoms with Crippen molar-refractivity contribution in [3.8, 4) is 0 Å². The van der Waals surface area contributed by atoms with Gasteiger partial charge in [0.25, 0.3) is 0 Å². The zero-order valence-electron chi connectivity index (χ0n) is 2.46. The van der Waals surface area contributed by atoms with Crippen LogP contribution in [-0.2, 0) is 25.0 Å². The predicted molar refractivity (Wildman–Crippen MR) is 7.61 cm³/mol. The Kier molecular flexibility index (Phi) is 4.73. The molecule has 36 valence electrons. The van der Waals surface area contributed by atoms with Gasteiger partial charge in [0.05, 0.1) is 0 Å². The first-order chi connectivity index (χ1) is 2.00. The van der Waals surface area contributed by atoms with E-state index in [-0.39, 0.29) is 20.4 Å². The van der Waals surface area contributed by atoms with Crippen LogP contribution >= 0.6 is 7.82 Å². The molecule has 0 aromatic carbocycles. The zero-order valence-corrected chi connectivity index (χ0v) is 6.07. The van der Waals surface area contributed by atoms with Crippen molar-refractivity contribution in [3.63, 3.8) is 0 Å². The van der Waals surface area contributed by atoms with Crippen molar-refractivity contribution >= 4 is 7.82 Å². The molecule has 0 aromatic heterocycles. The maximum Gasteiger partial charge on any atom is 3.00 e. The Morgan fingerprint density at radius 2 is 1.17 bits per heavy atom. The van der Waals surface area contributed by atoms with Crippen LogP contribution in [0.3, 0.4) is 0 Å². The van der Waals surface area contributed by atoms with Crippen LogP contribution in [-0.4, -0.2) is 0 Å². The normalized spacial score (nSPS) is 9.83. The molecule has 6 heteroatoms. The summed E-state index contributed by atoms with van der Waals surface area (Å²) in [7, 11) is -5.39. The molecular weight excluding hydrogens is 281 g/mol. The minimum atomic E-state index is -5.39. The average molecular weight is 281 g/mol. The van der Waals surface area contributed by atoms with Crippen LogP contribution in [0.1, 0.15) is 0 Å². The Morgan fingerprint density at radius 1 is 1.17 bits per heavy atom. The summed E-state index contributed by atoms with van der Waals surface area (Å²) >= 11 is 0. The van der Waals surface area contributed by atoms with Crippen molar-refractivity contribution in [2.75, 3.05) is 0 Å². The Morgan fingerprint density at radius 3 is 1.17 bits per heavy atom. The molecule has 0 rings (SSSR count). The fourth-order valence-electron chi connectivity index (χ4n) is 0. The molecule has 0 amide bonds. The van der Waals surface area contributed by atoms with Crippen LogP contribution in [0.2, 0.25) is 0 Å². The van der Waals surface area contributed by atoms with E-state index in [1.54, 1.807) is 0 Å². The Balaban J connectivity index is 0. The molecule has 0 aromatic rings. The van der Waals surface area contributed by atoms with Crippen LogP contribution in [0.5, 0.6) is 0 Å². The summed E-state index contributed by atoms with van der Waals surface area (Å²) in [5.41, 5.74) is 0. The van der Waals surface area contributed by atoms with E-state index in [1.165, 1.54) is 0 Å². The van der Waals surface area contributed by atoms with Crippen LogP contribution in [0.15, 0.2) is 0 Å². The summed E-state index contributed by atoms with van der Waals surface area (Å²) in [6.07, 6.45) is 0. The first kappa shape index (κ1) is 9.91. The molecule has 0 unspecified atom stereocenters. The van der Waals surface area contributed by atoms with E-state index in [1.807, 2.05) is 0 Å². The number of hydrogen-bond acceptors (Lipinski definition) is 4. The second-order valence-corrected chi connectivity index (χ2v) is 1.34. The van der Waals surface area contributed by atoms with Crippen molar-refractivity contribution in [2.24, 2.45) is 0 Å². The molecule has 0 fully saturated rings. The smallest absolute Gasteiger partial charge is 0.822 e. The van der Waals surface area contributed by atoms with Crippen LogP contribution in [0, 0.1) is 0 Å². The van der Waals surface area contributed by atoms with E-state index in [4.69, 9.17) is 19.2 Å². The Hall–Kier alpha value is 0.772. The molecule has 6 heavy (non-hydrogen) atoms. The first-order valence-electron chi connectivity index (χ1n) is 0.730. The molecule has 0 N–H and O–H groups in total. The van der Waals surface area contributed by atoms with Crippen LogP contribution in [0.25, 0.3) is 0 Å². The molecule has 0 aliphatic rings. The molecule has 0 aliphatic heterocycles. The van der Waals surface area contributed by atoms with Gasteiger partial charge in [-0.25, -0.2) is 0 Å². The maximum atomic E-state index is 8.55. The van der Waals surface area contributed by atoms with E-state index in [0.717, 1.165) is 0 Å². The number of hydrogen-bond donors (Lipinski definition) is 0. The third-order valence-electron chi connectivity index (χ3n) is 0. The van der Waals surface area contributed by atoms with Gasteiger partial charge in [0, 0.05) is 0 Å². The third-order valence-corrected chi connectivity index (χ3v) is 0. The zero-order chi connectivity index (χ0) is 4.50. The summed E-state index contributed by atoms with van der Waals surface area (Å²) in [5.74, 6) is 0. The molecule has 0 aliphatic carbocycles. The third kappa shape index (κ3) is 114. The first-order valence-corrected chi connectivity index (χ1v) is 2.19. The fraction of sp³-hybridized carbons (Fsp3) is 0. The summed E-state index contributed by atoms with van der Waals surface area (Å²) in [5, 5.41) is 0. The standard InChI is InChI=1S/H3O4P.Re/c1-5(2,3)4;/h(H3,1,2,3,4);/q;+3/p-3. The Bertz CT molecular complexity index is 53.7. The van der Waals surface area contributed by atoms with E-state index >= 15 is 0 Å². The molecule has 0 heterocycles. The molecule has 0 atom stereocenters. The topological polar surface area (TPSA) is 86.2 Å². The van der Waals surface area contributed by atoms with Gasteiger partial charge >= 0.3 is 20.4 Å². The monoisotopic (exact) mass is 282 g/mol. The van der Waals surface area contributed by atoms with E-state index < -0.39 is 7.82 Å². The molecule has 0 saturated heterocycles. The summed E-state index contributed by atoms with van der Waals surface area (Å²) < 4.78 is 8.55. The van der Waals surface area contributed by atoms with E-state index in [0.29, 0.717) is 0 Å². The van der Waals surface area contributed by atoms with Gasteiger partial charge in [0.2, 0.25) is 0 Å². The van der Waals surface area contributed by atoms with Gasteiger partial charge in [0.1, 0.15) is 0 Å². The second kappa shape index (κ2) is 2.87. The van der Waals surface area contributed by atoms with Crippen LogP contribution in [0.4, 0.5) is 0 Å². The largest absolute Gasteiger partial charge is 3.00 e. The van der Waals surface area contributed by atoms with Crippen molar-refractivity contribution in [1.82, 2.24) is 0 Å². The van der Waals surface area contributed by atoms with Gasteiger partial charge < -0.3 is 19.2 Å². The summed E-state index contributed by atoms with van der Waals surface area (Å²) in [4.78, 5) is 25.6. The van der Waals surface area contributed by atoms with Gasteiger partial charge in [0.15, 0.2) is 0 Å². The molecule has 0 spiro atoms. The van der Waals surface area contributed by atoms with Crippen molar-refractivity contribution in [2.45, 2.75) is 0 Å². The summed E-state index contributed by atoms with van der Waals surface area (Å²) in [6.45, 7) is 0. The maximum absolute atomic E-state index is 8.55. The van der Waals surface area contributed by atoms with Gasteiger partial charge in [-0.2, -0.15) is 7.82 Å². The van der Waals surface area contributed by atoms with Crippen molar-refractivity contribution in [3.05, 3.63) is 0 Å². The van der Waals surface area contributed by atoms with Gasteiger partial charge in [-0.05, 0) is 0 Å². The quantitative estimate of drug-likeness (QED) is 0.448. The number of rotatable bonds is 0. The van der Waals surface area contributed by atoms with Gasteiger partial charge in [-0.1, -0.05) is 0 Å².